The Bertz CT molecular complexity index is 842. The number of pyridine rings is 1. The smallest absolute Gasteiger partial charge is 0.240 e. The van der Waals surface area contributed by atoms with Gasteiger partial charge in [0.15, 0.2) is 0 Å². The molecule has 3 aromatic heterocycles. The first kappa shape index (κ1) is 12.1. The quantitative estimate of drug-likeness (QED) is 0.722. The highest BCUT2D eigenvalue weighted by Crippen LogP contribution is 2.32. The van der Waals surface area contributed by atoms with E-state index in [-0.39, 0.29) is 5.91 Å². The van der Waals surface area contributed by atoms with Crippen molar-refractivity contribution in [3.05, 3.63) is 31.2 Å². The Balaban J connectivity index is 2.00. The molecule has 7 heteroatoms. The van der Waals surface area contributed by atoms with Gasteiger partial charge in [-0.25, -0.2) is 15.0 Å². The van der Waals surface area contributed by atoms with Gasteiger partial charge in [-0.15, -0.1) is 0 Å². The maximum Gasteiger partial charge on any atom is 0.240 e. The van der Waals surface area contributed by atoms with Crippen LogP contribution in [-0.2, 0) is 4.79 Å². The van der Waals surface area contributed by atoms with Gasteiger partial charge >= 0.3 is 0 Å². The number of carbonyl (C=O) groups excluding carboxylic acids is 1. The lowest BCUT2D eigenvalue weighted by Gasteiger charge is -2.24. The fourth-order valence-corrected chi connectivity index (χ4v) is 2.90. The van der Waals surface area contributed by atoms with Gasteiger partial charge in [0.1, 0.15) is 23.8 Å². The zero-order valence-corrected chi connectivity index (χ0v) is 11.2. The highest BCUT2D eigenvalue weighted by atomic mass is 16.1. The molecule has 0 saturated carbocycles. The second kappa shape index (κ2) is 4.41. The molecule has 0 spiro atoms. The zero-order valence-electron chi connectivity index (χ0n) is 11.2. The van der Waals surface area contributed by atoms with E-state index < -0.39 is 6.04 Å². The number of carbonyl (C=O) groups is 1. The van der Waals surface area contributed by atoms with Crippen molar-refractivity contribution in [2.75, 3.05) is 11.4 Å². The van der Waals surface area contributed by atoms with Gasteiger partial charge in [-0.05, 0) is 18.9 Å². The number of nitrogens with zero attached hydrogens (tertiary/aromatic N) is 4. The molecule has 0 aromatic carbocycles. The average Bonchev–Trinajstić information content (AvgIpc) is 3.15. The van der Waals surface area contributed by atoms with Crippen molar-refractivity contribution in [1.82, 2.24) is 19.9 Å². The van der Waals surface area contributed by atoms with Crippen molar-refractivity contribution in [1.29, 1.82) is 0 Å². The third-order valence-corrected chi connectivity index (χ3v) is 3.83. The molecule has 105 valence electrons. The third-order valence-electron chi connectivity index (χ3n) is 3.83. The Morgan fingerprint density at radius 1 is 1.38 bits per heavy atom. The highest BCUT2D eigenvalue weighted by molar-refractivity contribution is 6.09. The normalized spacial score (nSPS) is 18.7. The van der Waals surface area contributed by atoms with Crippen LogP contribution in [0.25, 0.3) is 21.9 Å². The Labute approximate surface area is 120 Å². The number of nitrogens with one attached hydrogen (secondary N) is 1. The summed E-state index contributed by atoms with van der Waals surface area (Å²) in [5.74, 6) is 0.364. The lowest BCUT2D eigenvalue weighted by molar-refractivity contribution is -0.118. The van der Waals surface area contributed by atoms with Crippen LogP contribution in [0.3, 0.4) is 0 Å². The SMILES string of the molecule is NC(=O)C1[CH]CCN1c1ncnc2cnc3[nH]ccc3c12. The van der Waals surface area contributed by atoms with Crippen LogP contribution in [0.2, 0.25) is 0 Å². The second-order valence-electron chi connectivity index (χ2n) is 5.02. The van der Waals surface area contributed by atoms with Crippen LogP contribution in [0, 0.1) is 6.42 Å². The summed E-state index contributed by atoms with van der Waals surface area (Å²) in [4.78, 5) is 29.6. The van der Waals surface area contributed by atoms with Gasteiger partial charge in [-0.1, -0.05) is 0 Å². The van der Waals surface area contributed by atoms with Crippen molar-refractivity contribution in [2.45, 2.75) is 12.5 Å². The number of H-pyrrole nitrogens is 1. The summed E-state index contributed by atoms with van der Waals surface area (Å²) in [7, 11) is 0. The average molecular weight is 281 g/mol. The molecule has 21 heavy (non-hydrogen) atoms. The van der Waals surface area contributed by atoms with E-state index in [2.05, 4.69) is 19.9 Å². The van der Waals surface area contributed by atoms with Gasteiger partial charge in [-0.2, -0.15) is 0 Å². The molecule has 1 atom stereocenters. The standard InChI is InChI=1S/C14H13N6O/c15-12(21)10-2-1-5-20(10)14-11-8-3-4-16-13(8)17-6-9(11)18-7-19-14/h2-4,6-7,10H,1,5H2,(H2,15,21)(H,16,17). The first-order valence-electron chi connectivity index (χ1n) is 6.72. The van der Waals surface area contributed by atoms with Crippen molar-refractivity contribution in [3.8, 4) is 0 Å². The van der Waals surface area contributed by atoms with E-state index in [1.807, 2.05) is 23.6 Å². The number of hydrogen-bond donors (Lipinski definition) is 2. The van der Waals surface area contributed by atoms with E-state index in [0.29, 0.717) is 6.54 Å². The van der Waals surface area contributed by atoms with Gasteiger partial charge in [0, 0.05) is 18.1 Å². The van der Waals surface area contributed by atoms with Crippen LogP contribution in [0.4, 0.5) is 5.82 Å². The summed E-state index contributed by atoms with van der Waals surface area (Å²) < 4.78 is 0. The summed E-state index contributed by atoms with van der Waals surface area (Å²) in [5.41, 5.74) is 7.02. The molecule has 1 aliphatic rings. The molecule has 4 heterocycles. The molecule has 1 unspecified atom stereocenters. The minimum atomic E-state index is -0.426. The number of rotatable bonds is 2. The molecule has 3 aromatic rings. The molecule has 1 fully saturated rings. The molecule has 3 N–H and O–H groups in total. The van der Waals surface area contributed by atoms with Gasteiger partial charge in [-0.3, -0.25) is 4.79 Å². The number of fused-ring (bicyclic) bond motifs is 3. The van der Waals surface area contributed by atoms with Crippen molar-refractivity contribution < 1.29 is 4.79 Å². The van der Waals surface area contributed by atoms with Gasteiger partial charge < -0.3 is 15.6 Å². The topological polar surface area (TPSA) is 101 Å². The Hall–Kier alpha value is -2.70. The lowest BCUT2D eigenvalue weighted by Crippen LogP contribution is -2.41. The van der Waals surface area contributed by atoms with E-state index in [0.717, 1.165) is 34.2 Å². The van der Waals surface area contributed by atoms with Crippen LogP contribution in [-0.4, -0.2) is 38.4 Å². The van der Waals surface area contributed by atoms with Crippen LogP contribution in [0.15, 0.2) is 24.8 Å². The van der Waals surface area contributed by atoms with Crippen LogP contribution in [0.5, 0.6) is 0 Å². The number of nitrogens with two attached hydrogens (primary N) is 1. The maximum absolute atomic E-state index is 11.6. The zero-order chi connectivity index (χ0) is 14.4. The fraction of sp³-hybridized carbons (Fsp3) is 0.214. The molecular formula is C14H13N6O. The monoisotopic (exact) mass is 281 g/mol. The minimum Gasteiger partial charge on any atom is -0.368 e. The highest BCUT2D eigenvalue weighted by Gasteiger charge is 2.31. The third kappa shape index (κ3) is 1.74. The molecule has 0 bridgehead atoms. The van der Waals surface area contributed by atoms with Crippen molar-refractivity contribution in [3.63, 3.8) is 0 Å². The van der Waals surface area contributed by atoms with E-state index in [4.69, 9.17) is 5.73 Å². The molecule has 0 aliphatic carbocycles. The summed E-state index contributed by atoms with van der Waals surface area (Å²) >= 11 is 0. The minimum absolute atomic E-state index is 0.362. The number of amides is 1. The Morgan fingerprint density at radius 2 is 2.29 bits per heavy atom. The molecule has 1 saturated heterocycles. The summed E-state index contributed by atoms with van der Waals surface area (Å²) in [5, 5.41) is 1.84. The lowest BCUT2D eigenvalue weighted by atomic mass is 10.1. The van der Waals surface area contributed by atoms with Crippen LogP contribution < -0.4 is 10.6 Å². The fourth-order valence-electron chi connectivity index (χ4n) is 2.90. The molecule has 1 radical (unpaired) electrons. The second-order valence-corrected chi connectivity index (χ2v) is 5.02. The van der Waals surface area contributed by atoms with Crippen molar-refractivity contribution >= 4 is 33.7 Å². The van der Waals surface area contributed by atoms with E-state index >= 15 is 0 Å². The van der Waals surface area contributed by atoms with E-state index in [9.17, 15) is 4.79 Å². The number of aromatic amines is 1. The molecule has 4 rings (SSSR count). The molecule has 7 nitrogen and oxygen atoms in total. The molecule has 1 amide bonds. The van der Waals surface area contributed by atoms with Gasteiger partial charge in [0.05, 0.1) is 17.1 Å². The molecule has 1 aliphatic heterocycles. The van der Waals surface area contributed by atoms with Crippen LogP contribution >= 0.6 is 0 Å². The Kier molecular flexibility index (Phi) is 2.53. The number of primary amides is 1. The predicted octanol–water partition coefficient (Wildman–Crippen LogP) is 0.774. The maximum atomic E-state index is 11.6. The summed E-state index contributed by atoms with van der Waals surface area (Å²) in [6.45, 7) is 0.716. The summed E-state index contributed by atoms with van der Waals surface area (Å²) in [6.07, 6.45) is 7.76. The van der Waals surface area contributed by atoms with Gasteiger partial charge in [0.25, 0.3) is 0 Å². The van der Waals surface area contributed by atoms with Crippen LogP contribution in [0.1, 0.15) is 6.42 Å². The number of anilines is 1. The van der Waals surface area contributed by atoms with Crippen molar-refractivity contribution in [2.24, 2.45) is 5.73 Å². The van der Waals surface area contributed by atoms with E-state index in [1.165, 1.54) is 6.33 Å². The summed E-state index contributed by atoms with van der Waals surface area (Å²) in [6, 6.07) is 1.52. The van der Waals surface area contributed by atoms with E-state index in [1.54, 1.807) is 6.20 Å². The first-order chi connectivity index (χ1) is 10.3. The first-order valence-corrected chi connectivity index (χ1v) is 6.72. The molecular weight excluding hydrogens is 268 g/mol. The number of hydrogen-bond acceptors (Lipinski definition) is 5. The largest absolute Gasteiger partial charge is 0.368 e. The van der Waals surface area contributed by atoms with Gasteiger partial charge in [0.2, 0.25) is 5.91 Å². The predicted molar refractivity (Wildman–Crippen MR) is 78.4 cm³/mol. The Morgan fingerprint density at radius 3 is 3.14 bits per heavy atom. The number of aromatic nitrogens is 4.